The summed E-state index contributed by atoms with van der Waals surface area (Å²) in [5.41, 5.74) is -3.53. The summed E-state index contributed by atoms with van der Waals surface area (Å²) in [6.45, 7) is 3.51. The molecule has 9 heteroatoms. The Kier molecular flexibility index (Phi) is 7.39. The normalized spacial score (nSPS) is 16.9. The molecule has 0 bridgehead atoms. The first-order chi connectivity index (χ1) is 9.08. The molecule has 120 valence electrons. The predicted molar refractivity (Wildman–Crippen MR) is 59.1 cm³/mol. The van der Waals surface area contributed by atoms with Crippen LogP contribution >= 0.6 is 0 Å². The van der Waals surface area contributed by atoms with Crippen molar-refractivity contribution in [1.29, 1.82) is 0 Å². The van der Waals surface area contributed by atoms with E-state index < -0.39 is 30.2 Å². The Hall–Kier alpha value is -0.930. The number of rotatable bonds is 9. The van der Waals surface area contributed by atoms with Crippen molar-refractivity contribution in [3.63, 3.8) is 0 Å². The van der Waals surface area contributed by atoms with Gasteiger partial charge in [-0.1, -0.05) is 6.92 Å². The second-order valence-corrected chi connectivity index (χ2v) is 4.17. The SMILES string of the molecule is CCOC(=O)CC(CC)OOC(C)(C(F)F)C(O)(F)F. The summed E-state index contributed by atoms with van der Waals surface area (Å²) in [4.78, 5) is 19.6. The van der Waals surface area contributed by atoms with Crippen molar-refractivity contribution in [1.82, 2.24) is 0 Å². The second-order valence-electron chi connectivity index (χ2n) is 4.17. The van der Waals surface area contributed by atoms with Crippen LogP contribution in [0.4, 0.5) is 17.6 Å². The van der Waals surface area contributed by atoms with Crippen LogP contribution in [0.15, 0.2) is 0 Å². The molecule has 0 aromatic carbocycles. The Morgan fingerprint density at radius 2 is 1.85 bits per heavy atom. The van der Waals surface area contributed by atoms with E-state index in [1.54, 1.807) is 6.92 Å². The van der Waals surface area contributed by atoms with Gasteiger partial charge in [0.2, 0.25) is 0 Å². The van der Waals surface area contributed by atoms with E-state index in [1.165, 1.54) is 6.92 Å². The van der Waals surface area contributed by atoms with Crippen molar-refractivity contribution in [2.75, 3.05) is 6.61 Å². The Morgan fingerprint density at radius 1 is 1.30 bits per heavy atom. The van der Waals surface area contributed by atoms with Gasteiger partial charge in [0.25, 0.3) is 12.0 Å². The van der Waals surface area contributed by atoms with Crippen LogP contribution in [-0.2, 0) is 19.3 Å². The van der Waals surface area contributed by atoms with Gasteiger partial charge in [0.15, 0.2) is 0 Å². The van der Waals surface area contributed by atoms with E-state index in [2.05, 4.69) is 14.5 Å². The van der Waals surface area contributed by atoms with Crippen molar-refractivity contribution < 1.29 is 42.0 Å². The van der Waals surface area contributed by atoms with Crippen LogP contribution in [0.3, 0.4) is 0 Å². The third kappa shape index (κ3) is 5.22. The molecule has 5 nitrogen and oxygen atoms in total. The largest absolute Gasteiger partial charge is 0.466 e. The molecule has 0 saturated carbocycles. The summed E-state index contributed by atoms with van der Waals surface area (Å²) in [5, 5.41) is 8.45. The fourth-order valence-electron chi connectivity index (χ4n) is 1.04. The fraction of sp³-hybridized carbons (Fsp3) is 0.909. The third-order valence-corrected chi connectivity index (χ3v) is 2.53. The first-order valence-electron chi connectivity index (χ1n) is 5.96. The van der Waals surface area contributed by atoms with Crippen molar-refractivity contribution in [2.24, 2.45) is 0 Å². The van der Waals surface area contributed by atoms with Crippen LogP contribution in [-0.4, -0.2) is 41.9 Å². The lowest BCUT2D eigenvalue weighted by atomic mass is 10.1. The monoisotopic (exact) mass is 306 g/mol. The van der Waals surface area contributed by atoms with E-state index in [0.717, 1.165) is 0 Å². The van der Waals surface area contributed by atoms with Gasteiger partial charge in [0.05, 0.1) is 13.0 Å². The minimum absolute atomic E-state index is 0.111. The maximum Gasteiger partial charge on any atom is 0.390 e. The summed E-state index contributed by atoms with van der Waals surface area (Å²) < 4.78 is 55.2. The summed E-state index contributed by atoms with van der Waals surface area (Å²) >= 11 is 0. The number of hydrogen-bond acceptors (Lipinski definition) is 5. The Morgan fingerprint density at radius 3 is 2.20 bits per heavy atom. The van der Waals surface area contributed by atoms with Crippen molar-refractivity contribution >= 4 is 5.97 Å². The second kappa shape index (κ2) is 7.75. The Balaban J connectivity index is 4.64. The number of carbonyl (C=O) groups is 1. The molecular formula is C11H18F4O5. The van der Waals surface area contributed by atoms with Crippen LogP contribution in [0.25, 0.3) is 0 Å². The summed E-state index contributed by atoms with van der Waals surface area (Å²) in [5.74, 6) is -0.683. The highest BCUT2D eigenvalue weighted by Crippen LogP contribution is 2.35. The standard InChI is InChI=1S/C11H18F4O5/c1-4-7(6-8(16)18-5-2)19-20-10(3,9(12)13)11(14,15)17/h7,9,17H,4-6H2,1-3H3. The van der Waals surface area contributed by atoms with Gasteiger partial charge in [-0.25, -0.2) is 18.6 Å². The molecule has 0 aliphatic rings. The van der Waals surface area contributed by atoms with Gasteiger partial charge in [-0.2, -0.15) is 8.78 Å². The molecule has 2 atom stereocenters. The first-order valence-corrected chi connectivity index (χ1v) is 5.96. The number of carbonyl (C=O) groups excluding carboxylic acids is 1. The third-order valence-electron chi connectivity index (χ3n) is 2.53. The van der Waals surface area contributed by atoms with E-state index in [-0.39, 0.29) is 19.4 Å². The van der Waals surface area contributed by atoms with E-state index >= 15 is 0 Å². The minimum Gasteiger partial charge on any atom is -0.466 e. The van der Waals surface area contributed by atoms with Crippen LogP contribution < -0.4 is 0 Å². The van der Waals surface area contributed by atoms with Gasteiger partial charge in [0, 0.05) is 0 Å². The zero-order chi connectivity index (χ0) is 16.0. The average molecular weight is 306 g/mol. The maximum absolute atomic E-state index is 12.7. The minimum atomic E-state index is -4.82. The lowest BCUT2D eigenvalue weighted by Crippen LogP contribution is -2.53. The number of esters is 1. The van der Waals surface area contributed by atoms with Crippen LogP contribution in [0.1, 0.15) is 33.6 Å². The van der Waals surface area contributed by atoms with E-state index in [1.807, 2.05) is 0 Å². The van der Waals surface area contributed by atoms with Crippen molar-refractivity contribution in [2.45, 2.75) is 57.9 Å². The van der Waals surface area contributed by atoms with E-state index in [4.69, 9.17) is 5.11 Å². The smallest absolute Gasteiger partial charge is 0.390 e. The highest BCUT2D eigenvalue weighted by molar-refractivity contribution is 5.69. The van der Waals surface area contributed by atoms with Gasteiger partial charge < -0.3 is 9.84 Å². The summed E-state index contributed by atoms with van der Waals surface area (Å²) in [7, 11) is 0. The molecule has 0 aliphatic heterocycles. The molecule has 0 fully saturated rings. The molecule has 20 heavy (non-hydrogen) atoms. The molecule has 0 aromatic heterocycles. The zero-order valence-corrected chi connectivity index (χ0v) is 11.4. The number of aliphatic hydroxyl groups is 1. The van der Waals surface area contributed by atoms with E-state index in [0.29, 0.717) is 6.92 Å². The predicted octanol–water partition coefficient (Wildman–Crippen LogP) is 2.28. The first kappa shape index (κ1) is 19.1. The molecule has 2 unspecified atom stereocenters. The van der Waals surface area contributed by atoms with Crippen molar-refractivity contribution in [3.8, 4) is 0 Å². The van der Waals surface area contributed by atoms with Gasteiger partial charge in [-0.05, 0) is 20.3 Å². The number of ether oxygens (including phenoxy) is 1. The van der Waals surface area contributed by atoms with Gasteiger partial charge in [-0.15, -0.1) is 0 Å². The van der Waals surface area contributed by atoms with Crippen LogP contribution in [0, 0.1) is 0 Å². The number of alkyl halides is 4. The van der Waals surface area contributed by atoms with Crippen LogP contribution in [0.2, 0.25) is 0 Å². The Labute approximate surface area is 113 Å². The fourth-order valence-corrected chi connectivity index (χ4v) is 1.04. The lowest BCUT2D eigenvalue weighted by molar-refractivity contribution is -0.466. The topological polar surface area (TPSA) is 65.0 Å². The molecule has 0 aliphatic carbocycles. The van der Waals surface area contributed by atoms with Crippen LogP contribution in [0.5, 0.6) is 0 Å². The molecule has 1 N–H and O–H groups in total. The van der Waals surface area contributed by atoms with Crippen molar-refractivity contribution in [3.05, 3.63) is 0 Å². The van der Waals surface area contributed by atoms with Gasteiger partial charge in [-0.3, -0.25) is 4.79 Å². The molecule has 0 heterocycles. The Bertz CT molecular complexity index is 308. The highest BCUT2D eigenvalue weighted by atomic mass is 19.3. The van der Waals surface area contributed by atoms with Gasteiger partial charge in [0.1, 0.15) is 6.10 Å². The molecule has 0 aromatic rings. The molecular weight excluding hydrogens is 288 g/mol. The maximum atomic E-state index is 12.7. The summed E-state index contributed by atoms with van der Waals surface area (Å²) in [6, 6.07) is 0. The van der Waals surface area contributed by atoms with E-state index in [9.17, 15) is 22.4 Å². The van der Waals surface area contributed by atoms with Gasteiger partial charge >= 0.3 is 12.1 Å². The summed E-state index contributed by atoms with van der Waals surface area (Å²) in [6.07, 6.45) is -9.78. The molecule has 0 rings (SSSR count). The quantitative estimate of drug-likeness (QED) is 0.306. The molecule has 0 amide bonds. The number of hydrogen-bond donors (Lipinski definition) is 1. The number of halogens is 4. The molecule has 0 radical (unpaired) electrons. The zero-order valence-electron chi connectivity index (χ0n) is 11.4. The highest BCUT2D eigenvalue weighted by Gasteiger charge is 2.59. The molecule has 0 saturated heterocycles. The lowest BCUT2D eigenvalue weighted by Gasteiger charge is -2.32. The molecule has 0 spiro atoms. The average Bonchev–Trinajstić information content (AvgIpc) is 2.32.